The van der Waals surface area contributed by atoms with Gasteiger partial charge in [-0.1, -0.05) is 55.1 Å². The van der Waals surface area contributed by atoms with E-state index in [4.69, 9.17) is 14.2 Å². The predicted molar refractivity (Wildman–Crippen MR) is 145 cm³/mol. The SMILES string of the molecule is C=CCOC(=O)Nc1cccc([C@H]2O[C@@H](CN(C)CCc3ccccn3)C[C@@H](c3ccc(CO)cc3)O2)c1. The molecule has 1 saturated heterocycles. The number of benzene rings is 2. The molecule has 200 valence electrons. The van der Waals surface area contributed by atoms with E-state index in [-0.39, 0.29) is 25.4 Å². The molecule has 38 heavy (non-hydrogen) atoms. The summed E-state index contributed by atoms with van der Waals surface area (Å²) in [6.07, 6.45) is 3.43. The fourth-order valence-electron chi connectivity index (χ4n) is 4.37. The maximum Gasteiger partial charge on any atom is 0.411 e. The molecule has 0 unspecified atom stereocenters. The van der Waals surface area contributed by atoms with Crippen molar-refractivity contribution in [1.82, 2.24) is 9.88 Å². The maximum atomic E-state index is 12.0. The highest BCUT2D eigenvalue weighted by Gasteiger charge is 2.33. The minimum Gasteiger partial charge on any atom is -0.445 e. The van der Waals surface area contributed by atoms with Crippen molar-refractivity contribution < 1.29 is 24.1 Å². The van der Waals surface area contributed by atoms with Crippen LogP contribution in [0.3, 0.4) is 0 Å². The Kier molecular flexibility index (Phi) is 10.0. The van der Waals surface area contributed by atoms with Gasteiger partial charge in [0.2, 0.25) is 0 Å². The molecule has 1 aliphatic heterocycles. The number of ether oxygens (including phenoxy) is 3. The molecule has 3 aromatic rings. The van der Waals surface area contributed by atoms with Gasteiger partial charge in [-0.05, 0) is 42.4 Å². The van der Waals surface area contributed by atoms with Gasteiger partial charge in [-0.3, -0.25) is 10.3 Å². The Morgan fingerprint density at radius 2 is 2.00 bits per heavy atom. The van der Waals surface area contributed by atoms with Crippen molar-refractivity contribution in [1.29, 1.82) is 0 Å². The van der Waals surface area contributed by atoms with Gasteiger partial charge in [-0.15, -0.1) is 0 Å². The standard InChI is InChI=1S/C30H35N3O5/c1-3-17-36-30(35)32-26-9-6-7-24(18-26)29-37-27(20-33(2)16-14-25-8-4-5-15-31-25)19-28(38-29)23-12-10-22(21-34)11-13-23/h3-13,15,18,27-29,34H,1,14,16-17,19-21H2,2H3,(H,32,35)/t27-,28+,29+/m1/s1. The van der Waals surface area contributed by atoms with E-state index in [2.05, 4.69) is 28.8 Å². The minimum absolute atomic E-state index is 0.00371. The number of likely N-dealkylation sites (N-methyl/N-ethyl adjacent to an activating group) is 1. The van der Waals surface area contributed by atoms with Gasteiger partial charge in [0.1, 0.15) is 6.61 Å². The summed E-state index contributed by atoms with van der Waals surface area (Å²) in [6.45, 7) is 5.26. The third kappa shape index (κ3) is 7.97. The van der Waals surface area contributed by atoms with Crippen LogP contribution in [-0.4, -0.2) is 53.9 Å². The first-order valence-electron chi connectivity index (χ1n) is 12.8. The molecular weight excluding hydrogens is 482 g/mol. The van der Waals surface area contributed by atoms with Crippen LogP contribution >= 0.6 is 0 Å². The van der Waals surface area contributed by atoms with Crippen molar-refractivity contribution in [3.05, 3.63) is 108 Å². The Morgan fingerprint density at radius 1 is 1.16 bits per heavy atom. The van der Waals surface area contributed by atoms with Gasteiger partial charge in [-0.25, -0.2) is 4.79 Å². The molecule has 0 radical (unpaired) electrons. The van der Waals surface area contributed by atoms with E-state index < -0.39 is 12.4 Å². The molecule has 2 aromatic carbocycles. The zero-order chi connectivity index (χ0) is 26.7. The zero-order valence-electron chi connectivity index (χ0n) is 21.7. The normalized spacial score (nSPS) is 19.2. The van der Waals surface area contributed by atoms with Gasteiger partial charge < -0.3 is 24.2 Å². The lowest BCUT2D eigenvalue weighted by Crippen LogP contribution is -2.38. The molecule has 8 nitrogen and oxygen atoms in total. The van der Waals surface area contributed by atoms with Crippen LogP contribution in [0.25, 0.3) is 0 Å². The van der Waals surface area contributed by atoms with E-state index in [1.807, 2.05) is 66.9 Å². The maximum absolute atomic E-state index is 12.0. The number of hydrogen-bond donors (Lipinski definition) is 2. The molecule has 2 N–H and O–H groups in total. The van der Waals surface area contributed by atoms with Gasteiger partial charge >= 0.3 is 6.09 Å². The summed E-state index contributed by atoms with van der Waals surface area (Å²) in [7, 11) is 2.08. The molecule has 4 rings (SSSR count). The first-order valence-corrected chi connectivity index (χ1v) is 12.8. The smallest absolute Gasteiger partial charge is 0.411 e. The Morgan fingerprint density at radius 3 is 2.74 bits per heavy atom. The zero-order valence-corrected chi connectivity index (χ0v) is 21.7. The number of carbonyl (C=O) groups is 1. The van der Waals surface area contributed by atoms with E-state index in [1.165, 1.54) is 6.08 Å². The number of nitrogens with zero attached hydrogens (tertiary/aromatic N) is 2. The number of pyridine rings is 1. The second-order valence-corrected chi connectivity index (χ2v) is 9.32. The highest BCUT2D eigenvalue weighted by atomic mass is 16.7. The summed E-state index contributed by atoms with van der Waals surface area (Å²) in [5, 5.41) is 12.2. The summed E-state index contributed by atoms with van der Waals surface area (Å²) >= 11 is 0. The predicted octanol–water partition coefficient (Wildman–Crippen LogP) is 5.03. The van der Waals surface area contributed by atoms with Gasteiger partial charge in [-0.2, -0.15) is 0 Å². The average molecular weight is 518 g/mol. The Hall–Kier alpha value is -3.56. The molecule has 0 spiro atoms. The number of carbonyl (C=O) groups excluding carboxylic acids is 1. The van der Waals surface area contributed by atoms with Crippen LogP contribution in [0.4, 0.5) is 10.5 Å². The second kappa shape index (κ2) is 13.8. The van der Waals surface area contributed by atoms with E-state index in [0.29, 0.717) is 12.1 Å². The topological polar surface area (TPSA) is 93.2 Å². The highest BCUT2D eigenvalue weighted by Crippen LogP contribution is 2.38. The highest BCUT2D eigenvalue weighted by molar-refractivity contribution is 5.84. The largest absolute Gasteiger partial charge is 0.445 e. The summed E-state index contributed by atoms with van der Waals surface area (Å²) in [5.74, 6) is 0. The Bertz CT molecular complexity index is 1170. The second-order valence-electron chi connectivity index (χ2n) is 9.32. The van der Waals surface area contributed by atoms with E-state index in [0.717, 1.165) is 41.9 Å². The molecule has 2 heterocycles. The number of aromatic nitrogens is 1. The number of nitrogens with one attached hydrogen (secondary N) is 1. The summed E-state index contributed by atoms with van der Waals surface area (Å²) in [5.41, 5.74) is 4.32. The molecular formula is C30H35N3O5. The van der Waals surface area contributed by atoms with Crippen LogP contribution < -0.4 is 5.32 Å². The summed E-state index contributed by atoms with van der Waals surface area (Å²) < 4.78 is 17.9. The molecule has 8 heteroatoms. The van der Waals surface area contributed by atoms with Crippen molar-refractivity contribution in [2.45, 2.75) is 37.9 Å². The molecule has 3 atom stereocenters. The van der Waals surface area contributed by atoms with Crippen molar-refractivity contribution in [2.24, 2.45) is 0 Å². The molecule has 1 aromatic heterocycles. The van der Waals surface area contributed by atoms with Crippen LogP contribution in [0.5, 0.6) is 0 Å². The third-order valence-electron chi connectivity index (χ3n) is 6.34. The van der Waals surface area contributed by atoms with Gasteiger partial charge in [0, 0.05) is 49.1 Å². The number of aliphatic hydroxyl groups is 1. The molecule has 0 aliphatic carbocycles. The van der Waals surface area contributed by atoms with E-state index in [1.54, 1.807) is 6.07 Å². The first kappa shape index (κ1) is 27.5. The van der Waals surface area contributed by atoms with Crippen LogP contribution in [-0.2, 0) is 27.2 Å². The first-order chi connectivity index (χ1) is 18.5. The monoisotopic (exact) mass is 517 g/mol. The fourth-order valence-corrected chi connectivity index (χ4v) is 4.37. The number of aliphatic hydroxyl groups excluding tert-OH is 1. The van der Waals surface area contributed by atoms with Gasteiger partial charge in [0.05, 0.1) is 18.8 Å². The molecule has 0 bridgehead atoms. The Labute approximate surface area is 223 Å². The summed E-state index contributed by atoms with van der Waals surface area (Å²) in [4.78, 5) is 18.7. The van der Waals surface area contributed by atoms with Gasteiger partial charge in [0.25, 0.3) is 0 Å². The van der Waals surface area contributed by atoms with Crippen LogP contribution in [0.1, 0.15) is 41.2 Å². The van der Waals surface area contributed by atoms with Gasteiger partial charge in [0.15, 0.2) is 6.29 Å². The lowest BCUT2D eigenvalue weighted by molar-refractivity contribution is -0.252. The van der Waals surface area contributed by atoms with E-state index in [9.17, 15) is 9.90 Å². The van der Waals surface area contributed by atoms with Crippen molar-refractivity contribution in [3.8, 4) is 0 Å². The lowest BCUT2D eigenvalue weighted by Gasteiger charge is -2.38. The third-order valence-corrected chi connectivity index (χ3v) is 6.34. The average Bonchev–Trinajstić information content (AvgIpc) is 2.95. The molecule has 1 amide bonds. The lowest BCUT2D eigenvalue weighted by atomic mass is 9.99. The Balaban J connectivity index is 1.48. The van der Waals surface area contributed by atoms with Crippen LogP contribution in [0, 0.1) is 0 Å². The number of rotatable bonds is 11. The summed E-state index contributed by atoms with van der Waals surface area (Å²) in [6, 6.07) is 21.2. The van der Waals surface area contributed by atoms with Crippen LogP contribution in [0.2, 0.25) is 0 Å². The number of amides is 1. The molecule has 1 aliphatic rings. The van der Waals surface area contributed by atoms with Crippen molar-refractivity contribution in [2.75, 3.05) is 32.1 Å². The molecule has 0 saturated carbocycles. The number of hydrogen-bond acceptors (Lipinski definition) is 7. The fraction of sp³-hybridized carbons (Fsp3) is 0.333. The quantitative estimate of drug-likeness (QED) is 0.345. The van der Waals surface area contributed by atoms with Crippen molar-refractivity contribution in [3.63, 3.8) is 0 Å². The number of anilines is 1. The van der Waals surface area contributed by atoms with E-state index >= 15 is 0 Å². The minimum atomic E-state index is -0.619. The molecule has 1 fully saturated rings. The van der Waals surface area contributed by atoms with Crippen molar-refractivity contribution >= 4 is 11.8 Å². The van der Waals surface area contributed by atoms with Crippen LogP contribution in [0.15, 0.2) is 85.6 Å².